The minimum Gasteiger partial charge on any atom is -0.492 e. The van der Waals surface area contributed by atoms with Gasteiger partial charge in [-0.3, -0.25) is 9.59 Å². The topological polar surface area (TPSA) is 93.7 Å². The van der Waals surface area contributed by atoms with Gasteiger partial charge in [-0.2, -0.15) is 0 Å². The number of carbonyl (C=O) groups excluding carboxylic acids is 3. The monoisotopic (exact) mass is 404 g/mol. The zero-order chi connectivity index (χ0) is 20.7. The van der Waals surface area contributed by atoms with E-state index in [0.717, 1.165) is 11.3 Å². The van der Waals surface area contributed by atoms with E-state index < -0.39 is 11.9 Å². The molecule has 150 valence electrons. The number of benzene rings is 1. The van der Waals surface area contributed by atoms with Gasteiger partial charge in [0.15, 0.2) is 0 Å². The van der Waals surface area contributed by atoms with Crippen molar-refractivity contribution in [1.82, 2.24) is 0 Å². The van der Waals surface area contributed by atoms with Gasteiger partial charge in [0.05, 0.1) is 29.8 Å². The summed E-state index contributed by atoms with van der Waals surface area (Å²) in [5.74, 6) is -0.662. The van der Waals surface area contributed by atoms with Crippen LogP contribution < -0.4 is 15.4 Å². The highest BCUT2D eigenvalue weighted by molar-refractivity contribution is 7.18. The van der Waals surface area contributed by atoms with Crippen LogP contribution in [-0.2, 0) is 9.53 Å². The molecular weight excluding hydrogens is 380 g/mol. The van der Waals surface area contributed by atoms with Gasteiger partial charge in [0, 0.05) is 6.42 Å². The highest BCUT2D eigenvalue weighted by Gasteiger charge is 2.26. The Kier molecular flexibility index (Phi) is 7.57. The Morgan fingerprint density at radius 1 is 1.11 bits per heavy atom. The summed E-state index contributed by atoms with van der Waals surface area (Å²) in [5.41, 5.74) is 1.17. The number of rotatable bonds is 8. The second-order valence-corrected chi connectivity index (χ2v) is 6.95. The van der Waals surface area contributed by atoms with Crippen molar-refractivity contribution < 1.29 is 23.9 Å². The van der Waals surface area contributed by atoms with E-state index in [1.807, 2.05) is 19.9 Å². The van der Waals surface area contributed by atoms with Gasteiger partial charge in [-0.25, -0.2) is 4.79 Å². The molecule has 0 aliphatic rings. The number of anilines is 2. The maximum atomic E-state index is 12.9. The van der Waals surface area contributed by atoms with Gasteiger partial charge in [0.1, 0.15) is 10.8 Å². The van der Waals surface area contributed by atoms with Crippen LogP contribution in [0.3, 0.4) is 0 Å². The number of hydrogen-bond donors (Lipinski definition) is 2. The van der Waals surface area contributed by atoms with Crippen molar-refractivity contribution in [3.63, 3.8) is 0 Å². The first-order chi connectivity index (χ1) is 13.4. The molecule has 8 heteroatoms. The van der Waals surface area contributed by atoms with Crippen molar-refractivity contribution in [2.24, 2.45) is 0 Å². The minimum atomic E-state index is -0.602. The molecule has 1 aromatic carbocycles. The number of ether oxygens (including phenoxy) is 2. The number of nitrogens with one attached hydrogen (secondary N) is 2. The largest absolute Gasteiger partial charge is 0.492 e. The Morgan fingerprint density at radius 2 is 1.82 bits per heavy atom. The summed E-state index contributed by atoms with van der Waals surface area (Å²) in [7, 11) is 1.26. The van der Waals surface area contributed by atoms with Crippen LogP contribution in [0.2, 0.25) is 0 Å². The molecule has 2 amide bonds. The Balaban J connectivity index is 2.37. The van der Waals surface area contributed by atoms with Crippen LogP contribution in [0, 0.1) is 6.92 Å². The van der Waals surface area contributed by atoms with E-state index in [4.69, 9.17) is 9.47 Å². The molecule has 0 saturated carbocycles. The molecule has 2 aromatic rings. The zero-order valence-electron chi connectivity index (χ0n) is 16.4. The lowest BCUT2D eigenvalue weighted by Gasteiger charge is -2.11. The van der Waals surface area contributed by atoms with Gasteiger partial charge in [-0.1, -0.05) is 19.1 Å². The van der Waals surface area contributed by atoms with Crippen LogP contribution in [0.25, 0.3) is 0 Å². The molecule has 1 heterocycles. The number of para-hydroxylation sites is 2. The van der Waals surface area contributed by atoms with Crippen molar-refractivity contribution in [3.05, 3.63) is 40.3 Å². The number of methoxy groups -OCH3 is 1. The summed E-state index contributed by atoms with van der Waals surface area (Å²) < 4.78 is 10.4. The molecule has 0 spiro atoms. The molecule has 0 radical (unpaired) electrons. The Hall–Kier alpha value is -2.87. The first-order valence-electron chi connectivity index (χ1n) is 8.97. The van der Waals surface area contributed by atoms with E-state index in [9.17, 15) is 14.4 Å². The lowest BCUT2D eigenvalue weighted by atomic mass is 10.1. The fourth-order valence-electron chi connectivity index (χ4n) is 2.61. The molecule has 0 bridgehead atoms. The molecule has 2 rings (SSSR count). The second kappa shape index (κ2) is 9.89. The average Bonchev–Trinajstić information content (AvgIpc) is 2.99. The smallest absolute Gasteiger partial charge is 0.341 e. The van der Waals surface area contributed by atoms with Crippen LogP contribution >= 0.6 is 11.3 Å². The highest BCUT2D eigenvalue weighted by atomic mass is 32.1. The first kappa shape index (κ1) is 21.4. The maximum absolute atomic E-state index is 12.9. The predicted octanol–water partition coefficient (Wildman–Crippen LogP) is 4.23. The van der Waals surface area contributed by atoms with Gasteiger partial charge in [-0.05, 0) is 38.0 Å². The second-order valence-electron chi connectivity index (χ2n) is 5.93. The maximum Gasteiger partial charge on any atom is 0.341 e. The fraction of sp³-hybridized carbons (Fsp3) is 0.350. The van der Waals surface area contributed by atoms with Crippen LogP contribution in [0.5, 0.6) is 5.75 Å². The molecular formula is C20H24N2O5S. The van der Waals surface area contributed by atoms with Crippen molar-refractivity contribution in [3.8, 4) is 5.75 Å². The Bertz CT molecular complexity index is 875. The van der Waals surface area contributed by atoms with E-state index >= 15 is 0 Å². The van der Waals surface area contributed by atoms with Crippen molar-refractivity contribution in [2.45, 2.75) is 33.6 Å². The van der Waals surface area contributed by atoms with E-state index in [0.29, 0.717) is 46.3 Å². The SMILES string of the molecule is CCCC(=O)Nc1sc(C(=O)Nc2ccccc2OCC)c(C)c1C(=O)OC. The predicted molar refractivity (Wildman–Crippen MR) is 109 cm³/mol. The van der Waals surface area contributed by atoms with E-state index in [1.54, 1.807) is 25.1 Å². The van der Waals surface area contributed by atoms with Crippen LogP contribution in [0.4, 0.5) is 10.7 Å². The summed E-state index contributed by atoms with van der Waals surface area (Å²) >= 11 is 1.04. The van der Waals surface area contributed by atoms with Crippen LogP contribution in [0.15, 0.2) is 24.3 Å². The molecule has 0 unspecified atom stereocenters. The Morgan fingerprint density at radius 3 is 2.46 bits per heavy atom. The standard InChI is InChI=1S/C20H24N2O5S/c1-5-9-15(23)22-19-16(20(25)26-4)12(3)17(28-19)18(24)21-13-10-7-8-11-14(13)27-6-2/h7-8,10-11H,5-6,9H2,1-4H3,(H,21,24)(H,22,23). The van der Waals surface area contributed by atoms with Crippen LogP contribution in [0.1, 0.15) is 52.3 Å². The van der Waals surface area contributed by atoms with E-state index in [2.05, 4.69) is 10.6 Å². The third kappa shape index (κ3) is 4.89. The molecule has 7 nitrogen and oxygen atoms in total. The van der Waals surface area contributed by atoms with Crippen molar-refractivity contribution >= 4 is 39.8 Å². The summed E-state index contributed by atoms with van der Waals surface area (Å²) in [6.45, 7) is 5.86. The summed E-state index contributed by atoms with van der Waals surface area (Å²) in [4.78, 5) is 37.4. The summed E-state index contributed by atoms with van der Waals surface area (Å²) in [6.07, 6.45) is 0.992. The lowest BCUT2D eigenvalue weighted by molar-refractivity contribution is -0.116. The molecule has 0 fully saturated rings. The van der Waals surface area contributed by atoms with Gasteiger partial charge in [-0.15, -0.1) is 11.3 Å². The highest BCUT2D eigenvalue weighted by Crippen LogP contribution is 2.35. The third-order valence-corrected chi connectivity index (χ3v) is 5.11. The number of amides is 2. The molecule has 28 heavy (non-hydrogen) atoms. The molecule has 0 atom stereocenters. The first-order valence-corrected chi connectivity index (χ1v) is 9.79. The number of carbonyl (C=O) groups is 3. The zero-order valence-corrected chi connectivity index (χ0v) is 17.2. The molecule has 0 aliphatic heterocycles. The van der Waals surface area contributed by atoms with E-state index in [-0.39, 0.29) is 11.5 Å². The van der Waals surface area contributed by atoms with Gasteiger partial charge in [0.2, 0.25) is 5.91 Å². The van der Waals surface area contributed by atoms with Gasteiger partial charge >= 0.3 is 5.97 Å². The normalized spacial score (nSPS) is 10.3. The lowest BCUT2D eigenvalue weighted by Crippen LogP contribution is -2.14. The summed E-state index contributed by atoms with van der Waals surface area (Å²) in [5, 5.41) is 5.83. The minimum absolute atomic E-state index is 0.195. The van der Waals surface area contributed by atoms with Crippen molar-refractivity contribution in [1.29, 1.82) is 0 Å². The Labute approximate surface area is 168 Å². The molecule has 2 N–H and O–H groups in total. The van der Waals surface area contributed by atoms with Crippen LogP contribution in [-0.4, -0.2) is 31.5 Å². The quantitative estimate of drug-likeness (QED) is 0.642. The van der Waals surface area contributed by atoms with E-state index in [1.165, 1.54) is 7.11 Å². The average molecular weight is 404 g/mol. The summed E-state index contributed by atoms with van der Waals surface area (Å²) in [6, 6.07) is 7.09. The van der Waals surface area contributed by atoms with Gasteiger partial charge in [0.25, 0.3) is 5.91 Å². The van der Waals surface area contributed by atoms with Gasteiger partial charge < -0.3 is 20.1 Å². The third-order valence-electron chi connectivity index (χ3n) is 3.91. The molecule has 0 aliphatic carbocycles. The fourth-order valence-corrected chi connectivity index (χ4v) is 3.72. The molecule has 1 aromatic heterocycles. The number of esters is 1. The number of thiophene rings is 1. The van der Waals surface area contributed by atoms with Crippen molar-refractivity contribution in [2.75, 3.05) is 24.4 Å². The molecule has 0 saturated heterocycles. The number of hydrogen-bond acceptors (Lipinski definition) is 6.